The van der Waals surface area contributed by atoms with Gasteiger partial charge in [0, 0.05) is 5.02 Å². The summed E-state index contributed by atoms with van der Waals surface area (Å²) in [5, 5.41) is 3.30. The van der Waals surface area contributed by atoms with Crippen molar-refractivity contribution in [3.8, 4) is 5.75 Å². The van der Waals surface area contributed by atoms with Crippen molar-refractivity contribution in [1.29, 1.82) is 0 Å². The lowest BCUT2D eigenvalue weighted by Gasteiger charge is -2.21. The lowest BCUT2D eigenvalue weighted by Crippen LogP contribution is -2.50. The average molecular weight is 457 g/mol. The lowest BCUT2D eigenvalue weighted by molar-refractivity contribution is -0.140. The first-order valence-electron chi connectivity index (χ1n) is 8.98. The number of hydrogen-bond donors (Lipinski definition) is 3. The van der Waals surface area contributed by atoms with Gasteiger partial charge in [0.2, 0.25) is 5.91 Å². The SMILES string of the molecule is Cc1cc(Cl)ccc1OC(=O)[C@H](CC(C)C)NC(=O)[C@@H](N)CCCCN.Cl.Cl. The Morgan fingerprint density at radius 2 is 1.86 bits per heavy atom. The molecule has 6 nitrogen and oxygen atoms in total. The predicted molar refractivity (Wildman–Crippen MR) is 119 cm³/mol. The number of ether oxygens (including phenoxy) is 1. The van der Waals surface area contributed by atoms with Crippen LogP contribution < -0.4 is 21.5 Å². The van der Waals surface area contributed by atoms with Gasteiger partial charge >= 0.3 is 5.97 Å². The van der Waals surface area contributed by atoms with Gasteiger partial charge in [-0.25, -0.2) is 4.79 Å². The molecule has 1 rings (SSSR count). The van der Waals surface area contributed by atoms with Crippen LogP contribution in [0.15, 0.2) is 18.2 Å². The molecule has 0 bridgehead atoms. The van der Waals surface area contributed by atoms with E-state index in [0.717, 1.165) is 18.4 Å². The minimum Gasteiger partial charge on any atom is -0.425 e. The van der Waals surface area contributed by atoms with E-state index in [1.165, 1.54) is 0 Å². The lowest BCUT2D eigenvalue weighted by atomic mass is 10.0. The van der Waals surface area contributed by atoms with Crippen LogP contribution in [0.3, 0.4) is 0 Å². The van der Waals surface area contributed by atoms with E-state index in [4.69, 9.17) is 27.8 Å². The Kier molecular flexibility index (Phi) is 15.5. The van der Waals surface area contributed by atoms with Gasteiger partial charge in [0.25, 0.3) is 0 Å². The zero-order valence-electron chi connectivity index (χ0n) is 16.6. The molecule has 1 aromatic rings. The minimum absolute atomic E-state index is 0. The van der Waals surface area contributed by atoms with E-state index in [9.17, 15) is 9.59 Å². The van der Waals surface area contributed by atoms with Crippen molar-refractivity contribution in [3.63, 3.8) is 0 Å². The van der Waals surface area contributed by atoms with Gasteiger partial charge < -0.3 is 21.5 Å². The van der Waals surface area contributed by atoms with E-state index in [1.807, 2.05) is 13.8 Å². The fraction of sp³-hybridized carbons (Fsp3) is 0.579. The smallest absolute Gasteiger partial charge is 0.334 e. The van der Waals surface area contributed by atoms with Crippen LogP contribution in [0, 0.1) is 12.8 Å². The van der Waals surface area contributed by atoms with Crippen LogP contribution in [0.5, 0.6) is 5.75 Å². The standard InChI is InChI=1S/C19H30ClN3O3.2ClH/c1-12(2)10-16(23-18(24)15(22)6-4-5-9-21)19(25)26-17-8-7-14(20)11-13(17)3;;/h7-8,11-12,15-16H,4-6,9-10,21-22H2,1-3H3,(H,23,24);2*1H/t15-,16-;;/m0../s1. The molecular weight excluding hydrogens is 425 g/mol. The molecule has 0 aliphatic carbocycles. The van der Waals surface area contributed by atoms with Gasteiger partial charge in [-0.2, -0.15) is 0 Å². The highest BCUT2D eigenvalue weighted by molar-refractivity contribution is 6.30. The Hall–Kier alpha value is -1.05. The Bertz CT molecular complexity index is 615. The normalized spacial score (nSPS) is 12.4. The molecule has 0 radical (unpaired) electrons. The first-order chi connectivity index (χ1) is 12.2. The molecule has 0 aliphatic rings. The van der Waals surface area contributed by atoms with E-state index in [2.05, 4.69) is 5.32 Å². The van der Waals surface area contributed by atoms with Gasteiger partial charge in [-0.1, -0.05) is 31.9 Å². The summed E-state index contributed by atoms with van der Waals surface area (Å²) < 4.78 is 5.47. The van der Waals surface area contributed by atoms with Crippen molar-refractivity contribution in [2.45, 2.75) is 58.5 Å². The second-order valence-corrected chi connectivity index (χ2v) is 7.35. The Morgan fingerprint density at radius 3 is 2.39 bits per heavy atom. The van der Waals surface area contributed by atoms with Crippen molar-refractivity contribution in [1.82, 2.24) is 5.32 Å². The van der Waals surface area contributed by atoms with Crippen molar-refractivity contribution < 1.29 is 14.3 Å². The highest BCUT2D eigenvalue weighted by atomic mass is 35.5. The van der Waals surface area contributed by atoms with Crippen LogP contribution >= 0.6 is 36.4 Å². The van der Waals surface area contributed by atoms with Gasteiger partial charge in [-0.3, -0.25) is 4.79 Å². The number of nitrogens with two attached hydrogens (primary N) is 2. The maximum atomic E-state index is 12.6. The van der Waals surface area contributed by atoms with Gasteiger partial charge in [0.05, 0.1) is 6.04 Å². The van der Waals surface area contributed by atoms with Gasteiger partial charge in [0.1, 0.15) is 11.8 Å². The molecule has 162 valence electrons. The minimum atomic E-state index is -0.752. The molecule has 1 aromatic carbocycles. The number of amides is 1. The molecule has 0 aliphatic heterocycles. The van der Waals surface area contributed by atoms with Crippen LogP contribution in [-0.2, 0) is 9.59 Å². The molecule has 0 heterocycles. The molecule has 5 N–H and O–H groups in total. The molecule has 0 fully saturated rings. The number of carbonyl (C=O) groups excluding carboxylic acids is 2. The first-order valence-corrected chi connectivity index (χ1v) is 9.36. The fourth-order valence-corrected chi connectivity index (χ4v) is 2.74. The first kappa shape index (κ1) is 29.2. The monoisotopic (exact) mass is 455 g/mol. The van der Waals surface area contributed by atoms with Crippen LogP contribution in [-0.4, -0.2) is 30.5 Å². The molecule has 0 spiro atoms. The Morgan fingerprint density at radius 1 is 1.21 bits per heavy atom. The summed E-state index contributed by atoms with van der Waals surface area (Å²) >= 11 is 5.92. The van der Waals surface area contributed by atoms with Crippen LogP contribution in [0.1, 0.15) is 45.1 Å². The van der Waals surface area contributed by atoms with E-state index in [0.29, 0.717) is 30.2 Å². The van der Waals surface area contributed by atoms with Crippen LogP contribution in [0.4, 0.5) is 0 Å². The van der Waals surface area contributed by atoms with Gasteiger partial charge in [0.15, 0.2) is 0 Å². The van der Waals surface area contributed by atoms with Crippen molar-refractivity contribution in [2.24, 2.45) is 17.4 Å². The molecule has 0 aromatic heterocycles. The second-order valence-electron chi connectivity index (χ2n) is 6.91. The van der Waals surface area contributed by atoms with E-state index in [-0.39, 0.29) is 36.6 Å². The Balaban J connectivity index is 0. The molecule has 0 unspecified atom stereocenters. The summed E-state index contributed by atoms with van der Waals surface area (Å²) in [6.45, 7) is 6.32. The maximum absolute atomic E-state index is 12.6. The zero-order chi connectivity index (χ0) is 19.7. The van der Waals surface area contributed by atoms with Crippen LogP contribution in [0.25, 0.3) is 0 Å². The topological polar surface area (TPSA) is 107 Å². The molecular formula is C19H32Cl3N3O3. The fourth-order valence-electron chi connectivity index (χ4n) is 2.51. The number of aryl methyl sites for hydroxylation is 1. The summed E-state index contributed by atoms with van der Waals surface area (Å²) in [4.78, 5) is 24.9. The van der Waals surface area contributed by atoms with Gasteiger partial charge in [-0.05, 0) is 62.4 Å². The maximum Gasteiger partial charge on any atom is 0.334 e. The summed E-state index contributed by atoms with van der Waals surface area (Å²) in [5.74, 6) is -0.230. The average Bonchev–Trinajstić information content (AvgIpc) is 2.56. The number of esters is 1. The number of halogens is 3. The third-order valence-corrected chi connectivity index (χ3v) is 4.20. The van der Waals surface area contributed by atoms with Crippen molar-refractivity contribution in [3.05, 3.63) is 28.8 Å². The number of carbonyl (C=O) groups is 2. The second kappa shape index (κ2) is 14.9. The number of hydrogen-bond acceptors (Lipinski definition) is 5. The third kappa shape index (κ3) is 10.5. The number of unbranched alkanes of at least 4 members (excludes halogenated alkanes) is 1. The van der Waals surface area contributed by atoms with Crippen molar-refractivity contribution in [2.75, 3.05) is 6.54 Å². The van der Waals surface area contributed by atoms with Gasteiger partial charge in [-0.15, -0.1) is 24.8 Å². The highest BCUT2D eigenvalue weighted by Gasteiger charge is 2.26. The van der Waals surface area contributed by atoms with Crippen molar-refractivity contribution >= 4 is 48.3 Å². The molecule has 1 amide bonds. The number of nitrogens with one attached hydrogen (secondary N) is 1. The van der Waals surface area contributed by atoms with E-state index >= 15 is 0 Å². The molecule has 28 heavy (non-hydrogen) atoms. The van der Waals surface area contributed by atoms with E-state index in [1.54, 1.807) is 25.1 Å². The Labute approximate surface area is 184 Å². The third-order valence-electron chi connectivity index (χ3n) is 3.96. The molecule has 2 atom stereocenters. The highest BCUT2D eigenvalue weighted by Crippen LogP contribution is 2.22. The number of benzene rings is 1. The van der Waals surface area contributed by atoms with E-state index < -0.39 is 18.1 Å². The molecule has 0 saturated carbocycles. The molecule has 9 heteroatoms. The quantitative estimate of drug-likeness (QED) is 0.284. The number of rotatable bonds is 10. The predicted octanol–water partition coefficient (Wildman–Crippen LogP) is 3.38. The summed E-state index contributed by atoms with van der Waals surface area (Å²) in [5.41, 5.74) is 12.1. The van der Waals surface area contributed by atoms with Crippen LogP contribution in [0.2, 0.25) is 5.02 Å². The summed E-state index contributed by atoms with van der Waals surface area (Å²) in [6, 6.07) is 3.59. The summed E-state index contributed by atoms with van der Waals surface area (Å²) in [6.07, 6.45) is 2.58. The zero-order valence-corrected chi connectivity index (χ0v) is 19.0. The summed E-state index contributed by atoms with van der Waals surface area (Å²) in [7, 11) is 0. The molecule has 0 saturated heterocycles. The largest absolute Gasteiger partial charge is 0.425 e.